The average Bonchev–Trinajstić information content (AvgIpc) is 3.25. The summed E-state index contributed by atoms with van der Waals surface area (Å²) in [5.41, 5.74) is 6.38. The van der Waals surface area contributed by atoms with Gasteiger partial charge in [-0.25, -0.2) is 13.1 Å². The fourth-order valence-electron chi connectivity index (χ4n) is 4.57. The van der Waals surface area contributed by atoms with Gasteiger partial charge in [0, 0.05) is 38.1 Å². The summed E-state index contributed by atoms with van der Waals surface area (Å²) in [5, 5.41) is 10.5. The van der Waals surface area contributed by atoms with Crippen LogP contribution in [0.3, 0.4) is 0 Å². The van der Waals surface area contributed by atoms with Crippen molar-refractivity contribution in [2.45, 2.75) is 44.2 Å². The van der Waals surface area contributed by atoms with Crippen LogP contribution >= 0.6 is 0 Å². The van der Waals surface area contributed by atoms with E-state index in [1.807, 2.05) is 30.3 Å². The number of carbonyl (C=O) groups excluding carboxylic acids is 2. The third-order valence-electron chi connectivity index (χ3n) is 6.32. The molecule has 2 amide bonds. The molecule has 11 heteroatoms. The van der Waals surface area contributed by atoms with E-state index in [2.05, 4.69) is 10.0 Å². The number of hydrogen-bond acceptors (Lipinski definition) is 5. The monoisotopic (exact) mass is 478 g/mol. The number of carbonyl (C=O) groups is 2. The van der Waals surface area contributed by atoms with Crippen molar-refractivity contribution in [3.8, 4) is 0 Å². The topological polar surface area (TPSA) is 149 Å². The quantitative estimate of drug-likeness (QED) is 0.302. The number of guanidine groups is 1. The highest BCUT2D eigenvalue weighted by molar-refractivity contribution is 7.88. The highest BCUT2D eigenvalue weighted by Crippen LogP contribution is 2.21. The molecule has 0 radical (unpaired) electrons. The molecule has 5 N–H and O–H groups in total. The van der Waals surface area contributed by atoms with Crippen LogP contribution in [-0.4, -0.2) is 80.5 Å². The molecular formula is C22H34N6O4S. The molecule has 182 valence electrons. The number of amides is 2. The van der Waals surface area contributed by atoms with Gasteiger partial charge < -0.3 is 20.9 Å². The fourth-order valence-corrected chi connectivity index (χ4v) is 5.27. The fraction of sp³-hybridized carbons (Fsp3) is 0.591. The molecule has 1 aromatic rings. The number of nitrogens with two attached hydrogens (primary N) is 1. The zero-order valence-corrected chi connectivity index (χ0v) is 19.8. The highest BCUT2D eigenvalue weighted by Gasteiger charge is 2.35. The number of sulfonamides is 1. The van der Waals surface area contributed by atoms with Crippen LogP contribution in [-0.2, 0) is 26.0 Å². The lowest BCUT2D eigenvalue weighted by molar-refractivity contribution is -0.134. The van der Waals surface area contributed by atoms with E-state index in [0.717, 1.165) is 24.7 Å². The molecule has 0 aliphatic carbocycles. The Hall–Kier alpha value is -2.66. The molecule has 2 atom stereocenters. The first-order chi connectivity index (χ1) is 15.6. The number of nitrogens with one attached hydrogen (secondary N) is 3. The molecule has 2 fully saturated rings. The third-order valence-corrected chi connectivity index (χ3v) is 7.03. The largest absolute Gasteiger partial charge is 0.370 e. The van der Waals surface area contributed by atoms with E-state index in [9.17, 15) is 18.0 Å². The summed E-state index contributed by atoms with van der Waals surface area (Å²) in [6, 6.07) is 8.24. The molecule has 2 aliphatic heterocycles. The molecule has 0 saturated carbocycles. The smallest absolute Gasteiger partial charge is 0.241 e. The molecule has 0 spiro atoms. The maximum atomic E-state index is 13.3. The predicted octanol–water partition coefficient (Wildman–Crippen LogP) is -0.140. The van der Waals surface area contributed by atoms with Gasteiger partial charge in [-0.2, -0.15) is 0 Å². The van der Waals surface area contributed by atoms with Crippen LogP contribution in [0.5, 0.6) is 0 Å². The minimum atomic E-state index is -3.58. The van der Waals surface area contributed by atoms with Gasteiger partial charge in [-0.3, -0.25) is 15.0 Å². The van der Waals surface area contributed by atoms with E-state index < -0.39 is 16.1 Å². The summed E-state index contributed by atoms with van der Waals surface area (Å²) in [5.74, 6) is -0.422. The van der Waals surface area contributed by atoms with Gasteiger partial charge in [-0.05, 0) is 37.7 Å². The van der Waals surface area contributed by atoms with Gasteiger partial charge in [-0.15, -0.1) is 0 Å². The van der Waals surface area contributed by atoms with Gasteiger partial charge in [0.15, 0.2) is 5.96 Å². The maximum Gasteiger partial charge on any atom is 0.241 e. The van der Waals surface area contributed by atoms with Crippen molar-refractivity contribution in [3.63, 3.8) is 0 Å². The average molecular weight is 479 g/mol. The van der Waals surface area contributed by atoms with Crippen LogP contribution in [0, 0.1) is 11.3 Å². The van der Waals surface area contributed by atoms with Gasteiger partial charge in [0.1, 0.15) is 6.04 Å². The Morgan fingerprint density at radius 1 is 1.15 bits per heavy atom. The Morgan fingerprint density at radius 3 is 2.42 bits per heavy atom. The molecule has 2 aliphatic rings. The second-order valence-corrected chi connectivity index (χ2v) is 10.6. The van der Waals surface area contributed by atoms with Crippen molar-refractivity contribution in [1.82, 2.24) is 19.8 Å². The third kappa shape index (κ3) is 7.16. The summed E-state index contributed by atoms with van der Waals surface area (Å²) in [4.78, 5) is 29.4. The van der Waals surface area contributed by atoms with E-state index in [1.54, 1.807) is 9.80 Å². The van der Waals surface area contributed by atoms with E-state index in [4.69, 9.17) is 11.1 Å². The van der Waals surface area contributed by atoms with E-state index in [0.29, 0.717) is 39.0 Å². The summed E-state index contributed by atoms with van der Waals surface area (Å²) >= 11 is 0. The SMILES string of the molecule is CS(=O)(=O)N[C@@H](Cc1ccccc1)C(=O)N1CCC[C@@H]1CNC(=O)C1CCN(C(=N)N)CC1. The van der Waals surface area contributed by atoms with E-state index >= 15 is 0 Å². The van der Waals surface area contributed by atoms with Gasteiger partial charge in [-0.1, -0.05) is 30.3 Å². The summed E-state index contributed by atoms with van der Waals surface area (Å²) in [6.45, 7) is 2.04. The molecule has 0 bridgehead atoms. The first-order valence-electron chi connectivity index (χ1n) is 11.3. The number of piperidine rings is 1. The van der Waals surface area contributed by atoms with Crippen molar-refractivity contribution >= 4 is 27.8 Å². The van der Waals surface area contributed by atoms with Crippen LogP contribution in [0.1, 0.15) is 31.2 Å². The molecule has 3 rings (SSSR count). The Balaban J connectivity index is 1.59. The van der Waals surface area contributed by atoms with Crippen molar-refractivity contribution in [3.05, 3.63) is 35.9 Å². The predicted molar refractivity (Wildman–Crippen MR) is 126 cm³/mol. The van der Waals surface area contributed by atoms with Gasteiger partial charge in [0.25, 0.3) is 0 Å². The Bertz CT molecular complexity index is 947. The van der Waals surface area contributed by atoms with Crippen LogP contribution in [0.15, 0.2) is 30.3 Å². The van der Waals surface area contributed by atoms with Crippen LogP contribution < -0.4 is 15.8 Å². The van der Waals surface area contributed by atoms with E-state index in [-0.39, 0.29) is 36.2 Å². The van der Waals surface area contributed by atoms with Crippen LogP contribution in [0.25, 0.3) is 0 Å². The first-order valence-corrected chi connectivity index (χ1v) is 13.2. The molecule has 33 heavy (non-hydrogen) atoms. The highest BCUT2D eigenvalue weighted by atomic mass is 32.2. The second kappa shape index (κ2) is 11.0. The second-order valence-electron chi connectivity index (χ2n) is 8.85. The molecule has 2 heterocycles. The summed E-state index contributed by atoms with van der Waals surface area (Å²) in [6.07, 6.45) is 4.15. The molecule has 2 saturated heterocycles. The molecular weight excluding hydrogens is 444 g/mol. The van der Waals surface area contributed by atoms with Crippen molar-refractivity contribution in [1.29, 1.82) is 5.41 Å². The lowest BCUT2D eigenvalue weighted by atomic mass is 9.96. The molecule has 0 unspecified atom stereocenters. The minimum Gasteiger partial charge on any atom is -0.370 e. The van der Waals surface area contributed by atoms with Crippen molar-refractivity contribution in [2.24, 2.45) is 11.7 Å². The molecule has 1 aromatic carbocycles. The lowest BCUT2D eigenvalue weighted by Crippen LogP contribution is -2.53. The zero-order chi connectivity index (χ0) is 24.0. The van der Waals surface area contributed by atoms with Crippen molar-refractivity contribution in [2.75, 3.05) is 32.4 Å². The number of benzene rings is 1. The Labute approximate surface area is 195 Å². The molecule has 0 aromatic heterocycles. The number of likely N-dealkylation sites (tertiary alicyclic amines) is 2. The number of hydrogen-bond donors (Lipinski definition) is 4. The first kappa shape index (κ1) is 25.0. The van der Waals surface area contributed by atoms with Gasteiger partial charge in [0.2, 0.25) is 21.8 Å². The van der Waals surface area contributed by atoms with Gasteiger partial charge >= 0.3 is 0 Å². The Kier molecular flexibility index (Phi) is 8.30. The van der Waals surface area contributed by atoms with Crippen LogP contribution in [0.2, 0.25) is 0 Å². The molecule has 10 nitrogen and oxygen atoms in total. The zero-order valence-electron chi connectivity index (χ0n) is 19.0. The minimum absolute atomic E-state index is 0.0294. The number of nitrogens with zero attached hydrogens (tertiary/aromatic N) is 2. The van der Waals surface area contributed by atoms with Crippen LogP contribution in [0.4, 0.5) is 0 Å². The van der Waals surface area contributed by atoms with E-state index in [1.165, 1.54) is 0 Å². The van der Waals surface area contributed by atoms with Crippen molar-refractivity contribution < 1.29 is 18.0 Å². The maximum absolute atomic E-state index is 13.3. The summed E-state index contributed by atoms with van der Waals surface area (Å²) in [7, 11) is -3.58. The standard InChI is InChI=1S/C22H34N6O4S/c1-33(31,32)26-19(14-16-6-3-2-4-7-16)21(30)28-11-5-8-18(28)15-25-20(29)17-9-12-27(13-10-17)22(23)24/h2-4,6-7,17-19,26H,5,8-15H2,1H3,(H3,23,24)(H,25,29)/t18-,19+/m1/s1. The summed E-state index contributed by atoms with van der Waals surface area (Å²) < 4.78 is 26.3. The number of rotatable bonds is 8. The normalized spacial score (nSPS) is 20.5. The van der Waals surface area contributed by atoms with Gasteiger partial charge in [0.05, 0.1) is 6.26 Å². The lowest BCUT2D eigenvalue weighted by Gasteiger charge is -2.32. The Morgan fingerprint density at radius 2 is 1.82 bits per heavy atom.